The molecule has 0 saturated heterocycles. The molecule has 0 aromatic heterocycles. The highest BCUT2D eigenvalue weighted by Crippen LogP contribution is 2.10. The summed E-state index contributed by atoms with van der Waals surface area (Å²) in [5, 5.41) is 0. The van der Waals surface area contributed by atoms with Gasteiger partial charge in [-0.25, -0.2) is 0 Å². The van der Waals surface area contributed by atoms with Crippen molar-refractivity contribution in [2.75, 3.05) is 12.8 Å². The van der Waals surface area contributed by atoms with E-state index in [1.54, 1.807) is 6.92 Å². The van der Waals surface area contributed by atoms with E-state index in [0.29, 0.717) is 6.54 Å². The molecule has 4 nitrogen and oxygen atoms in total. The Hall–Kier alpha value is -1.55. The summed E-state index contributed by atoms with van der Waals surface area (Å²) in [6.07, 6.45) is 0. The molecule has 1 atom stereocenters. The minimum Gasteiger partial charge on any atom is -0.399 e. The molecule has 0 aliphatic rings. The minimum atomic E-state index is -0.318. The standard InChI is InChI=1S/C11H17N3O/c1-8(11(13)15)14(2)7-9-4-3-5-10(12)6-9/h3-6,8H,7,12H2,1-2H3,(H2,13,15). The van der Waals surface area contributed by atoms with Crippen LogP contribution in [-0.4, -0.2) is 23.9 Å². The fourth-order valence-electron chi connectivity index (χ4n) is 1.33. The van der Waals surface area contributed by atoms with Crippen molar-refractivity contribution < 1.29 is 4.79 Å². The second-order valence-electron chi connectivity index (χ2n) is 3.74. The number of likely N-dealkylation sites (N-methyl/N-ethyl adjacent to an activating group) is 1. The highest BCUT2D eigenvalue weighted by molar-refractivity contribution is 5.79. The average Bonchev–Trinajstić information content (AvgIpc) is 2.16. The number of amides is 1. The van der Waals surface area contributed by atoms with Crippen LogP contribution in [-0.2, 0) is 11.3 Å². The second-order valence-corrected chi connectivity index (χ2v) is 3.74. The zero-order valence-corrected chi connectivity index (χ0v) is 9.10. The Bertz CT molecular complexity index is 351. The number of rotatable bonds is 4. The molecule has 1 unspecified atom stereocenters. The number of nitrogen functional groups attached to an aromatic ring is 1. The maximum atomic E-state index is 11.0. The van der Waals surface area contributed by atoms with E-state index in [9.17, 15) is 4.79 Å². The number of anilines is 1. The minimum absolute atomic E-state index is 0.272. The van der Waals surface area contributed by atoms with E-state index in [1.807, 2.05) is 36.2 Å². The second kappa shape index (κ2) is 4.79. The predicted molar refractivity (Wildman–Crippen MR) is 61.0 cm³/mol. The normalized spacial score (nSPS) is 12.7. The maximum Gasteiger partial charge on any atom is 0.234 e. The topological polar surface area (TPSA) is 72.4 Å². The Balaban J connectivity index is 2.66. The number of benzene rings is 1. The van der Waals surface area contributed by atoms with Crippen LogP contribution < -0.4 is 11.5 Å². The van der Waals surface area contributed by atoms with Crippen LogP contribution in [0.4, 0.5) is 5.69 Å². The van der Waals surface area contributed by atoms with Crippen molar-refractivity contribution in [3.63, 3.8) is 0 Å². The first-order chi connectivity index (χ1) is 7.00. The summed E-state index contributed by atoms with van der Waals surface area (Å²) in [5.74, 6) is -0.318. The van der Waals surface area contributed by atoms with Gasteiger partial charge in [-0.05, 0) is 31.7 Å². The molecule has 4 N–H and O–H groups in total. The van der Waals surface area contributed by atoms with E-state index in [2.05, 4.69) is 0 Å². The lowest BCUT2D eigenvalue weighted by Crippen LogP contribution is -2.39. The van der Waals surface area contributed by atoms with Crippen molar-refractivity contribution >= 4 is 11.6 Å². The fourth-order valence-corrected chi connectivity index (χ4v) is 1.33. The molecule has 1 amide bonds. The monoisotopic (exact) mass is 207 g/mol. The first-order valence-electron chi connectivity index (χ1n) is 4.84. The van der Waals surface area contributed by atoms with E-state index >= 15 is 0 Å². The fraction of sp³-hybridized carbons (Fsp3) is 0.364. The summed E-state index contributed by atoms with van der Waals surface area (Å²) in [5.41, 5.74) is 12.7. The van der Waals surface area contributed by atoms with Crippen LogP contribution in [0.1, 0.15) is 12.5 Å². The molecule has 1 aromatic rings. The molecular formula is C11H17N3O. The van der Waals surface area contributed by atoms with Crippen molar-refractivity contribution in [1.29, 1.82) is 0 Å². The third kappa shape index (κ3) is 3.25. The first-order valence-corrected chi connectivity index (χ1v) is 4.84. The van der Waals surface area contributed by atoms with Crippen LogP contribution in [0.25, 0.3) is 0 Å². The van der Waals surface area contributed by atoms with Crippen LogP contribution in [0.5, 0.6) is 0 Å². The summed E-state index contributed by atoms with van der Waals surface area (Å²) in [6, 6.07) is 7.32. The number of hydrogen-bond donors (Lipinski definition) is 2. The van der Waals surface area contributed by atoms with Gasteiger partial charge in [-0.1, -0.05) is 12.1 Å². The summed E-state index contributed by atoms with van der Waals surface area (Å²) in [4.78, 5) is 12.8. The summed E-state index contributed by atoms with van der Waals surface area (Å²) < 4.78 is 0. The molecule has 0 radical (unpaired) electrons. The molecule has 15 heavy (non-hydrogen) atoms. The first kappa shape index (κ1) is 11.5. The summed E-state index contributed by atoms with van der Waals surface area (Å²) in [7, 11) is 1.86. The predicted octanol–water partition coefficient (Wildman–Crippen LogP) is 0.574. The highest BCUT2D eigenvalue weighted by atomic mass is 16.1. The lowest BCUT2D eigenvalue weighted by Gasteiger charge is -2.21. The van der Waals surface area contributed by atoms with Crippen molar-refractivity contribution in [1.82, 2.24) is 4.90 Å². The van der Waals surface area contributed by atoms with Gasteiger partial charge >= 0.3 is 0 Å². The Kier molecular flexibility index (Phi) is 3.68. The number of carbonyl (C=O) groups excluding carboxylic acids is 1. The van der Waals surface area contributed by atoms with Gasteiger partial charge in [-0.3, -0.25) is 9.69 Å². The van der Waals surface area contributed by atoms with Gasteiger partial charge in [0.05, 0.1) is 6.04 Å². The molecule has 0 aliphatic heterocycles. The van der Waals surface area contributed by atoms with Gasteiger partial charge in [-0.15, -0.1) is 0 Å². The Morgan fingerprint density at radius 3 is 2.73 bits per heavy atom. The van der Waals surface area contributed by atoms with E-state index in [4.69, 9.17) is 11.5 Å². The highest BCUT2D eigenvalue weighted by Gasteiger charge is 2.14. The van der Waals surface area contributed by atoms with E-state index in [0.717, 1.165) is 11.3 Å². The molecule has 0 heterocycles. The lowest BCUT2D eigenvalue weighted by atomic mass is 10.1. The van der Waals surface area contributed by atoms with Crippen molar-refractivity contribution in [3.05, 3.63) is 29.8 Å². The van der Waals surface area contributed by atoms with Gasteiger partial charge in [0.25, 0.3) is 0 Å². The Morgan fingerprint density at radius 1 is 1.53 bits per heavy atom. The summed E-state index contributed by atoms with van der Waals surface area (Å²) in [6.45, 7) is 2.45. The van der Waals surface area contributed by atoms with Gasteiger partial charge < -0.3 is 11.5 Å². The SMILES string of the molecule is CC(C(N)=O)N(C)Cc1cccc(N)c1. The van der Waals surface area contributed by atoms with Crippen molar-refractivity contribution in [3.8, 4) is 0 Å². The van der Waals surface area contributed by atoms with Gasteiger partial charge in [-0.2, -0.15) is 0 Å². The number of carbonyl (C=O) groups is 1. The van der Waals surface area contributed by atoms with Crippen molar-refractivity contribution in [2.24, 2.45) is 5.73 Å². The van der Waals surface area contributed by atoms with Crippen LogP contribution in [0, 0.1) is 0 Å². The van der Waals surface area contributed by atoms with Gasteiger partial charge in [0.2, 0.25) is 5.91 Å². The number of primary amides is 1. The smallest absolute Gasteiger partial charge is 0.234 e. The lowest BCUT2D eigenvalue weighted by molar-refractivity contribution is -0.122. The molecule has 0 spiro atoms. The van der Waals surface area contributed by atoms with Crippen LogP contribution in [0.3, 0.4) is 0 Å². The zero-order valence-electron chi connectivity index (χ0n) is 9.10. The number of nitrogens with zero attached hydrogens (tertiary/aromatic N) is 1. The van der Waals surface area contributed by atoms with E-state index in [-0.39, 0.29) is 11.9 Å². The largest absolute Gasteiger partial charge is 0.399 e. The molecule has 0 saturated carbocycles. The van der Waals surface area contributed by atoms with Crippen LogP contribution in [0.2, 0.25) is 0 Å². The number of hydrogen-bond acceptors (Lipinski definition) is 3. The van der Waals surface area contributed by atoms with Gasteiger partial charge in [0.15, 0.2) is 0 Å². The molecule has 0 aliphatic carbocycles. The summed E-state index contributed by atoms with van der Waals surface area (Å²) >= 11 is 0. The van der Waals surface area contributed by atoms with Crippen LogP contribution >= 0.6 is 0 Å². The molecule has 1 rings (SSSR count). The molecule has 0 fully saturated rings. The maximum absolute atomic E-state index is 11.0. The Morgan fingerprint density at radius 2 is 2.20 bits per heavy atom. The third-order valence-corrected chi connectivity index (χ3v) is 2.46. The quantitative estimate of drug-likeness (QED) is 0.709. The average molecular weight is 207 g/mol. The van der Waals surface area contributed by atoms with Crippen molar-refractivity contribution in [2.45, 2.75) is 19.5 Å². The molecular weight excluding hydrogens is 190 g/mol. The van der Waals surface area contributed by atoms with E-state index in [1.165, 1.54) is 0 Å². The van der Waals surface area contributed by atoms with Crippen LogP contribution in [0.15, 0.2) is 24.3 Å². The van der Waals surface area contributed by atoms with E-state index < -0.39 is 0 Å². The molecule has 0 bridgehead atoms. The van der Waals surface area contributed by atoms with Gasteiger partial charge in [0.1, 0.15) is 0 Å². The number of nitrogens with two attached hydrogens (primary N) is 2. The zero-order chi connectivity index (χ0) is 11.4. The van der Waals surface area contributed by atoms with Gasteiger partial charge in [0, 0.05) is 12.2 Å². The molecule has 82 valence electrons. The molecule has 1 aromatic carbocycles. The molecule has 4 heteroatoms. The Labute approximate surface area is 89.9 Å². The third-order valence-electron chi connectivity index (χ3n) is 2.46.